The van der Waals surface area contributed by atoms with Crippen molar-refractivity contribution in [3.8, 4) is 0 Å². The Morgan fingerprint density at radius 2 is 1.71 bits per heavy atom. The molecular formula is C17H24N2O5. The highest BCUT2D eigenvalue weighted by molar-refractivity contribution is 5.80. The van der Waals surface area contributed by atoms with Crippen molar-refractivity contribution in [3.63, 3.8) is 0 Å². The Morgan fingerprint density at radius 1 is 1.04 bits per heavy atom. The second kappa shape index (κ2) is 9.54. The lowest BCUT2D eigenvalue weighted by Crippen LogP contribution is -2.34. The summed E-state index contributed by atoms with van der Waals surface area (Å²) < 4.78 is 9.86. The van der Waals surface area contributed by atoms with Crippen LogP contribution >= 0.6 is 0 Å². The first-order valence-corrected chi connectivity index (χ1v) is 7.69. The largest absolute Gasteiger partial charge is 0.456 e. The van der Waals surface area contributed by atoms with Gasteiger partial charge in [0.15, 0.2) is 6.61 Å². The first-order chi connectivity index (χ1) is 11.3. The third kappa shape index (κ3) is 9.45. The first kappa shape index (κ1) is 19.5. The zero-order valence-corrected chi connectivity index (χ0v) is 14.3. The minimum Gasteiger partial charge on any atom is -0.456 e. The van der Waals surface area contributed by atoms with Crippen LogP contribution in [0.2, 0.25) is 0 Å². The highest BCUT2D eigenvalue weighted by Crippen LogP contribution is 2.06. The fourth-order valence-corrected chi connectivity index (χ4v) is 1.65. The maximum atomic E-state index is 11.6. The highest BCUT2D eigenvalue weighted by atomic mass is 16.6. The molecule has 1 aromatic rings. The van der Waals surface area contributed by atoms with Gasteiger partial charge in [-0.1, -0.05) is 30.3 Å². The second-order valence-electron chi connectivity index (χ2n) is 6.10. The Labute approximate surface area is 141 Å². The topological polar surface area (TPSA) is 93.7 Å². The minimum atomic E-state index is -0.601. The van der Waals surface area contributed by atoms with E-state index in [9.17, 15) is 14.4 Å². The monoisotopic (exact) mass is 336 g/mol. The smallest absolute Gasteiger partial charge is 0.407 e. The minimum absolute atomic E-state index is 0.0365. The van der Waals surface area contributed by atoms with E-state index in [0.29, 0.717) is 6.54 Å². The van der Waals surface area contributed by atoms with Crippen molar-refractivity contribution in [1.82, 2.24) is 10.6 Å². The van der Waals surface area contributed by atoms with Crippen molar-refractivity contribution in [2.24, 2.45) is 0 Å². The number of benzene rings is 1. The Balaban J connectivity index is 2.12. The number of hydrogen-bond acceptors (Lipinski definition) is 5. The van der Waals surface area contributed by atoms with Gasteiger partial charge in [-0.2, -0.15) is 0 Å². The molecule has 0 saturated carbocycles. The van der Waals surface area contributed by atoms with Gasteiger partial charge in [-0.15, -0.1) is 0 Å². The number of rotatable bonds is 7. The first-order valence-electron chi connectivity index (χ1n) is 7.69. The molecule has 0 bridgehead atoms. The van der Waals surface area contributed by atoms with E-state index in [-0.39, 0.29) is 25.5 Å². The van der Waals surface area contributed by atoms with Gasteiger partial charge in [0.05, 0.1) is 6.42 Å². The van der Waals surface area contributed by atoms with Gasteiger partial charge in [0.2, 0.25) is 0 Å². The summed E-state index contributed by atoms with van der Waals surface area (Å²) in [6.07, 6.45) is -0.638. The molecule has 0 aliphatic heterocycles. The van der Waals surface area contributed by atoms with Crippen molar-refractivity contribution < 1.29 is 23.9 Å². The van der Waals surface area contributed by atoms with Crippen molar-refractivity contribution in [2.45, 2.75) is 39.3 Å². The maximum absolute atomic E-state index is 11.6. The molecule has 7 heteroatoms. The summed E-state index contributed by atoms with van der Waals surface area (Å²) in [5.74, 6) is -0.951. The summed E-state index contributed by atoms with van der Waals surface area (Å²) in [5, 5.41) is 5.09. The summed E-state index contributed by atoms with van der Waals surface area (Å²) in [6.45, 7) is 5.34. The number of nitrogens with one attached hydrogen (secondary N) is 2. The molecule has 0 saturated heterocycles. The maximum Gasteiger partial charge on any atom is 0.407 e. The number of carbonyl (C=O) groups is 3. The molecule has 0 spiro atoms. The average Bonchev–Trinajstić information content (AvgIpc) is 2.50. The SMILES string of the molecule is CC(C)(C)OC(=O)NCCC(=O)OCC(=O)NCc1ccccc1. The Hall–Kier alpha value is -2.57. The average molecular weight is 336 g/mol. The van der Waals surface area contributed by atoms with E-state index >= 15 is 0 Å². The summed E-state index contributed by atoms with van der Waals surface area (Å²) >= 11 is 0. The van der Waals surface area contributed by atoms with E-state index in [1.807, 2.05) is 30.3 Å². The van der Waals surface area contributed by atoms with Gasteiger partial charge in [-0.05, 0) is 26.3 Å². The van der Waals surface area contributed by atoms with E-state index in [0.717, 1.165) is 5.56 Å². The number of amides is 2. The zero-order valence-electron chi connectivity index (χ0n) is 14.3. The fourth-order valence-electron chi connectivity index (χ4n) is 1.65. The van der Waals surface area contributed by atoms with E-state index in [1.54, 1.807) is 20.8 Å². The van der Waals surface area contributed by atoms with Gasteiger partial charge in [0, 0.05) is 13.1 Å². The molecule has 0 radical (unpaired) electrons. The molecule has 24 heavy (non-hydrogen) atoms. The molecule has 0 aliphatic rings. The summed E-state index contributed by atoms with van der Waals surface area (Å²) in [5.41, 5.74) is 0.361. The van der Waals surface area contributed by atoms with Gasteiger partial charge in [-0.25, -0.2) is 4.79 Å². The van der Waals surface area contributed by atoms with Crippen LogP contribution in [-0.2, 0) is 25.6 Å². The lowest BCUT2D eigenvalue weighted by Gasteiger charge is -2.19. The third-order valence-corrected chi connectivity index (χ3v) is 2.69. The molecule has 1 rings (SSSR count). The third-order valence-electron chi connectivity index (χ3n) is 2.69. The molecule has 0 fully saturated rings. The van der Waals surface area contributed by atoms with Crippen molar-refractivity contribution in [3.05, 3.63) is 35.9 Å². The molecule has 1 aromatic carbocycles. The van der Waals surface area contributed by atoms with E-state index in [2.05, 4.69) is 10.6 Å². The number of carbonyl (C=O) groups excluding carboxylic acids is 3. The van der Waals surface area contributed by atoms with Crippen LogP contribution in [0.1, 0.15) is 32.8 Å². The Bertz CT molecular complexity index is 552. The van der Waals surface area contributed by atoms with Crippen LogP contribution in [0.25, 0.3) is 0 Å². The molecule has 0 aliphatic carbocycles. The number of ether oxygens (including phenoxy) is 2. The van der Waals surface area contributed by atoms with Gasteiger partial charge in [0.1, 0.15) is 5.60 Å². The molecule has 2 N–H and O–H groups in total. The molecule has 2 amide bonds. The van der Waals surface area contributed by atoms with E-state index in [4.69, 9.17) is 9.47 Å². The van der Waals surface area contributed by atoms with Crippen LogP contribution in [0.3, 0.4) is 0 Å². The lowest BCUT2D eigenvalue weighted by molar-refractivity contribution is -0.148. The number of hydrogen-bond donors (Lipinski definition) is 2. The molecule has 0 aromatic heterocycles. The predicted octanol–water partition coefficient (Wildman–Crippen LogP) is 1.76. The Kier molecular flexibility index (Phi) is 7.74. The molecule has 0 heterocycles. The lowest BCUT2D eigenvalue weighted by atomic mass is 10.2. The Morgan fingerprint density at radius 3 is 2.33 bits per heavy atom. The van der Waals surface area contributed by atoms with E-state index < -0.39 is 17.7 Å². The number of esters is 1. The van der Waals surface area contributed by atoms with Crippen molar-refractivity contribution in [1.29, 1.82) is 0 Å². The van der Waals surface area contributed by atoms with Crippen LogP contribution in [0.5, 0.6) is 0 Å². The quantitative estimate of drug-likeness (QED) is 0.740. The summed E-state index contributed by atoms with van der Waals surface area (Å²) in [4.78, 5) is 34.5. The molecular weight excluding hydrogens is 312 g/mol. The van der Waals surface area contributed by atoms with Gasteiger partial charge in [0.25, 0.3) is 5.91 Å². The fraction of sp³-hybridized carbons (Fsp3) is 0.471. The van der Waals surface area contributed by atoms with Crippen LogP contribution < -0.4 is 10.6 Å². The van der Waals surface area contributed by atoms with Gasteiger partial charge in [-0.3, -0.25) is 9.59 Å². The van der Waals surface area contributed by atoms with Gasteiger partial charge < -0.3 is 20.1 Å². The van der Waals surface area contributed by atoms with Crippen molar-refractivity contribution in [2.75, 3.05) is 13.2 Å². The highest BCUT2D eigenvalue weighted by Gasteiger charge is 2.16. The normalized spacial score (nSPS) is 10.6. The standard InChI is InChI=1S/C17H24N2O5/c1-17(2,3)24-16(22)18-10-9-15(21)23-12-14(20)19-11-13-7-5-4-6-8-13/h4-8H,9-12H2,1-3H3,(H,18,22)(H,19,20). The molecule has 7 nitrogen and oxygen atoms in total. The van der Waals surface area contributed by atoms with Crippen LogP contribution in [0, 0.1) is 0 Å². The van der Waals surface area contributed by atoms with Crippen molar-refractivity contribution >= 4 is 18.0 Å². The molecule has 0 atom stereocenters. The van der Waals surface area contributed by atoms with E-state index in [1.165, 1.54) is 0 Å². The summed E-state index contributed by atoms with van der Waals surface area (Å²) in [6, 6.07) is 9.40. The van der Waals surface area contributed by atoms with Crippen LogP contribution in [-0.4, -0.2) is 36.7 Å². The van der Waals surface area contributed by atoms with Crippen LogP contribution in [0.15, 0.2) is 30.3 Å². The van der Waals surface area contributed by atoms with Gasteiger partial charge >= 0.3 is 12.1 Å². The van der Waals surface area contributed by atoms with Crippen LogP contribution in [0.4, 0.5) is 4.79 Å². The molecule has 132 valence electrons. The summed E-state index contributed by atoms with van der Waals surface area (Å²) in [7, 11) is 0. The number of alkyl carbamates (subject to hydrolysis) is 1. The molecule has 0 unspecified atom stereocenters. The predicted molar refractivity (Wildman–Crippen MR) is 88.1 cm³/mol. The zero-order chi connectivity index (χ0) is 18.0. The second-order valence-corrected chi connectivity index (χ2v) is 6.10.